The predicted octanol–water partition coefficient (Wildman–Crippen LogP) is 8.23. The van der Waals surface area contributed by atoms with Gasteiger partial charge in [-0.3, -0.25) is 14.7 Å². The Bertz CT molecular complexity index is 1700. The number of halogens is 4. The van der Waals surface area contributed by atoms with Gasteiger partial charge in [0.1, 0.15) is 29.2 Å². The summed E-state index contributed by atoms with van der Waals surface area (Å²) >= 11 is 13.0. The van der Waals surface area contributed by atoms with Gasteiger partial charge < -0.3 is 25.2 Å². The number of aliphatic hydroxyl groups is 1. The molecule has 2 bridgehead atoms. The number of aromatic nitrogens is 2. The van der Waals surface area contributed by atoms with Gasteiger partial charge in [-0.05, 0) is 69.1 Å². The summed E-state index contributed by atoms with van der Waals surface area (Å²) in [6.07, 6.45) is 4.13. The zero-order chi connectivity index (χ0) is 35.9. The van der Waals surface area contributed by atoms with Gasteiger partial charge in [-0.15, -0.1) is 0 Å². The normalized spacial score (nSPS) is 17.1. The van der Waals surface area contributed by atoms with Crippen LogP contribution in [0.3, 0.4) is 0 Å². The lowest BCUT2D eigenvalue weighted by molar-refractivity contribution is -0.116. The fourth-order valence-corrected chi connectivity index (χ4v) is 6.53. The first-order valence-corrected chi connectivity index (χ1v) is 20.4. The van der Waals surface area contributed by atoms with Crippen LogP contribution in [0.25, 0.3) is 11.3 Å². The lowest BCUT2D eigenvalue weighted by Gasteiger charge is -2.27. The molecule has 0 spiro atoms. The van der Waals surface area contributed by atoms with Crippen LogP contribution in [0, 0.1) is 11.6 Å². The molecule has 1 aromatic heterocycles. The van der Waals surface area contributed by atoms with Crippen molar-refractivity contribution in [2.24, 2.45) is 0 Å². The molecule has 3 aromatic rings. The molecule has 266 valence electrons. The lowest BCUT2D eigenvalue weighted by Crippen LogP contribution is -2.32. The van der Waals surface area contributed by atoms with E-state index in [-0.39, 0.29) is 42.2 Å². The topological polar surface area (TPSA) is 127 Å². The standard InChI is InChI=1S/C34H43Cl2F2N5O5Si/c1-34(46,28-24(37)14-13-23(35)29(28)38)15-16-39-25-9-7-6-8-10-27(44)41-26-19-21(40-33(45)47-2)11-12-22(26)30-31(36)43(32(25)42-30)20-48-17-18-49(3,4)5/h6-7,11-14,19,25,39,46H,8-10,15-18,20H2,1-5H3,(H,40,45)(H,41,44)/b7-6+/t25-,34?/m0/s1. The fourth-order valence-electron chi connectivity index (χ4n) is 5.34. The number of amides is 2. The molecule has 0 saturated heterocycles. The molecular weight excluding hydrogens is 695 g/mol. The van der Waals surface area contributed by atoms with Gasteiger partial charge in [0.15, 0.2) is 5.82 Å². The Morgan fingerprint density at radius 1 is 1.20 bits per heavy atom. The zero-order valence-corrected chi connectivity index (χ0v) is 30.8. The van der Waals surface area contributed by atoms with Gasteiger partial charge in [0.2, 0.25) is 5.91 Å². The lowest BCUT2D eigenvalue weighted by atomic mass is 9.91. The van der Waals surface area contributed by atoms with Crippen LogP contribution in [-0.2, 0) is 26.6 Å². The molecule has 0 saturated carbocycles. The van der Waals surface area contributed by atoms with E-state index < -0.39 is 43.0 Å². The highest BCUT2D eigenvalue weighted by Crippen LogP contribution is 2.38. The maximum atomic E-state index is 14.8. The maximum absolute atomic E-state index is 14.8. The van der Waals surface area contributed by atoms with E-state index in [2.05, 4.69) is 35.6 Å². The van der Waals surface area contributed by atoms with Gasteiger partial charge in [0, 0.05) is 32.4 Å². The van der Waals surface area contributed by atoms with Crippen LogP contribution in [-0.4, -0.2) is 55.0 Å². The predicted molar refractivity (Wildman–Crippen MR) is 191 cm³/mol. The molecule has 0 fully saturated rings. The van der Waals surface area contributed by atoms with Crippen LogP contribution in [0.2, 0.25) is 35.9 Å². The number of anilines is 2. The summed E-state index contributed by atoms with van der Waals surface area (Å²) in [5, 5.41) is 20.1. The summed E-state index contributed by atoms with van der Waals surface area (Å²) in [6, 6.07) is 7.52. The molecule has 2 heterocycles. The van der Waals surface area contributed by atoms with Gasteiger partial charge >= 0.3 is 6.09 Å². The van der Waals surface area contributed by atoms with E-state index in [4.69, 9.17) is 37.7 Å². The van der Waals surface area contributed by atoms with Crippen molar-refractivity contribution in [3.05, 3.63) is 75.7 Å². The number of carbonyl (C=O) groups is 2. The summed E-state index contributed by atoms with van der Waals surface area (Å²) < 4.78 is 42.1. The number of ether oxygens (including phenoxy) is 2. The second kappa shape index (κ2) is 16.6. The number of nitrogens with zero attached hydrogens (tertiary/aromatic N) is 2. The molecule has 2 atom stereocenters. The minimum atomic E-state index is -1.88. The zero-order valence-electron chi connectivity index (χ0n) is 28.3. The molecule has 0 radical (unpaired) electrons. The number of carbonyl (C=O) groups excluding carboxylic acids is 2. The first-order valence-electron chi connectivity index (χ1n) is 16.0. The molecule has 0 aliphatic carbocycles. The number of imidazole rings is 1. The third-order valence-corrected chi connectivity index (χ3v) is 10.5. The maximum Gasteiger partial charge on any atom is 0.411 e. The van der Waals surface area contributed by atoms with Crippen LogP contribution >= 0.6 is 23.2 Å². The van der Waals surface area contributed by atoms with Crippen molar-refractivity contribution in [1.29, 1.82) is 0 Å². The fraction of sp³-hybridized carbons (Fsp3) is 0.441. The van der Waals surface area contributed by atoms with Gasteiger partial charge in [0.05, 0.1) is 35.0 Å². The molecule has 1 unspecified atom stereocenters. The summed E-state index contributed by atoms with van der Waals surface area (Å²) in [7, 11) is -0.140. The average Bonchev–Trinajstić information content (AvgIpc) is 3.34. The quantitative estimate of drug-likeness (QED) is 0.0676. The highest BCUT2D eigenvalue weighted by molar-refractivity contribution is 6.76. The van der Waals surface area contributed by atoms with Crippen molar-refractivity contribution < 1.29 is 33.0 Å². The summed E-state index contributed by atoms with van der Waals surface area (Å²) in [5.41, 5.74) is -0.739. The molecule has 15 heteroatoms. The Morgan fingerprint density at radius 2 is 1.96 bits per heavy atom. The number of fused-ring (bicyclic) bond motifs is 4. The minimum Gasteiger partial charge on any atom is -0.453 e. The largest absolute Gasteiger partial charge is 0.453 e. The van der Waals surface area contributed by atoms with Crippen molar-refractivity contribution in [2.45, 2.75) is 76.7 Å². The second-order valence-electron chi connectivity index (χ2n) is 13.3. The van der Waals surface area contributed by atoms with Crippen LogP contribution in [0.1, 0.15) is 50.0 Å². The number of nitrogens with one attached hydrogen (secondary N) is 3. The molecule has 1 aliphatic heterocycles. The Balaban J connectivity index is 1.74. The molecule has 10 nitrogen and oxygen atoms in total. The number of allylic oxidation sites excluding steroid dienone is 1. The average molecular weight is 739 g/mol. The number of benzene rings is 2. The highest BCUT2D eigenvalue weighted by Gasteiger charge is 2.32. The van der Waals surface area contributed by atoms with E-state index in [1.807, 2.05) is 12.2 Å². The van der Waals surface area contributed by atoms with E-state index in [1.165, 1.54) is 14.0 Å². The van der Waals surface area contributed by atoms with Crippen molar-refractivity contribution in [2.75, 3.05) is 30.9 Å². The third kappa shape index (κ3) is 10.1. The second-order valence-corrected chi connectivity index (χ2v) is 19.7. The Kier molecular flexibility index (Phi) is 13.0. The van der Waals surface area contributed by atoms with E-state index in [1.54, 1.807) is 22.8 Å². The first-order chi connectivity index (χ1) is 23.1. The molecule has 1 aliphatic rings. The van der Waals surface area contributed by atoms with Crippen molar-refractivity contribution in [1.82, 2.24) is 14.9 Å². The van der Waals surface area contributed by atoms with Gasteiger partial charge in [-0.1, -0.05) is 55.0 Å². The Morgan fingerprint density at radius 3 is 2.67 bits per heavy atom. The first kappa shape index (κ1) is 38.5. The van der Waals surface area contributed by atoms with Gasteiger partial charge in [0.25, 0.3) is 0 Å². The minimum absolute atomic E-state index is 0.0629. The molecule has 2 amide bonds. The van der Waals surface area contributed by atoms with E-state index >= 15 is 0 Å². The van der Waals surface area contributed by atoms with Crippen LogP contribution in [0.15, 0.2) is 42.5 Å². The highest BCUT2D eigenvalue weighted by atomic mass is 35.5. The van der Waals surface area contributed by atoms with E-state index in [9.17, 15) is 23.5 Å². The molecule has 4 rings (SSSR count). The SMILES string of the molecule is COC(=O)Nc1ccc2c(c1)NC(=O)CC/C=C/C[C@H](NCCC(C)(O)c1c(F)ccc(Cl)c1F)c1nc-2c(Cl)n1COCC[Si](C)(C)C. The number of hydrogen-bond donors (Lipinski definition) is 4. The third-order valence-electron chi connectivity index (χ3n) is 8.11. The smallest absolute Gasteiger partial charge is 0.411 e. The Labute approximate surface area is 296 Å². The van der Waals surface area contributed by atoms with Crippen LogP contribution in [0.4, 0.5) is 25.0 Å². The monoisotopic (exact) mass is 737 g/mol. The molecule has 49 heavy (non-hydrogen) atoms. The summed E-state index contributed by atoms with van der Waals surface area (Å²) in [5.74, 6) is -1.63. The molecular formula is C34H43Cl2F2N5O5Si. The number of methoxy groups -OCH3 is 1. The molecule has 2 aromatic carbocycles. The van der Waals surface area contributed by atoms with Crippen molar-refractivity contribution in [3.8, 4) is 11.3 Å². The van der Waals surface area contributed by atoms with Crippen molar-refractivity contribution in [3.63, 3.8) is 0 Å². The number of rotatable bonds is 11. The van der Waals surface area contributed by atoms with Crippen molar-refractivity contribution >= 4 is 54.7 Å². The van der Waals surface area contributed by atoms with Gasteiger partial charge in [-0.25, -0.2) is 18.6 Å². The Hall–Kier alpha value is -3.33. The summed E-state index contributed by atoms with van der Waals surface area (Å²) in [6.45, 7) is 8.84. The molecule has 4 N–H and O–H groups in total. The van der Waals surface area contributed by atoms with E-state index in [0.717, 1.165) is 18.2 Å². The van der Waals surface area contributed by atoms with Crippen LogP contribution < -0.4 is 16.0 Å². The summed E-state index contributed by atoms with van der Waals surface area (Å²) in [4.78, 5) is 29.8. The van der Waals surface area contributed by atoms with Crippen LogP contribution in [0.5, 0.6) is 0 Å². The number of hydrogen-bond acceptors (Lipinski definition) is 7. The van der Waals surface area contributed by atoms with E-state index in [0.29, 0.717) is 47.9 Å². The van der Waals surface area contributed by atoms with Gasteiger partial charge in [-0.2, -0.15) is 0 Å².